The van der Waals surface area contributed by atoms with Crippen molar-refractivity contribution in [2.45, 2.75) is 24.9 Å². The molecule has 5 heteroatoms. The van der Waals surface area contributed by atoms with Gasteiger partial charge in [0.15, 0.2) is 0 Å². The van der Waals surface area contributed by atoms with Crippen molar-refractivity contribution in [1.29, 1.82) is 0 Å². The molecule has 1 unspecified atom stereocenters. The molecule has 0 amide bonds. The average molecular weight is 285 g/mol. The summed E-state index contributed by atoms with van der Waals surface area (Å²) in [6.07, 6.45) is 5.61. The number of likely N-dealkylation sites (N-methyl/N-ethyl adjacent to an activating group) is 1. The molecular weight excluding hydrogens is 266 g/mol. The molecule has 1 aliphatic rings. The topological polar surface area (TPSA) is 67.2 Å². The van der Waals surface area contributed by atoms with Crippen LogP contribution >= 0.6 is 0 Å². The van der Waals surface area contributed by atoms with E-state index in [1.54, 1.807) is 17.9 Å². The van der Waals surface area contributed by atoms with Crippen LogP contribution in [0, 0.1) is 5.92 Å². The molecule has 1 aliphatic carbocycles. The Hall–Kier alpha value is -2.14. The fourth-order valence-corrected chi connectivity index (χ4v) is 2.82. The minimum absolute atomic E-state index is 0.185. The molecule has 1 atom stereocenters. The van der Waals surface area contributed by atoms with Crippen LogP contribution < -0.4 is 5.32 Å². The molecule has 21 heavy (non-hydrogen) atoms. The van der Waals surface area contributed by atoms with Crippen molar-refractivity contribution in [3.63, 3.8) is 0 Å². The van der Waals surface area contributed by atoms with Gasteiger partial charge in [0, 0.05) is 11.8 Å². The van der Waals surface area contributed by atoms with E-state index in [0.717, 1.165) is 24.0 Å². The van der Waals surface area contributed by atoms with E-state index in [-0.39, 0.29) is 5.92 Å². The molecule has 1 saturated carbocycles. The lowest BCUT2D eigenvalue weighted by Crippen LogP contribution is -2.55. The first-order valence-electron chi connectivity index (χ1n) is 7.16. The molecule has 1 aromatic carbocycles. The minimum Gasteiger partial charge on any atom is -0.480 e. The highest BCUT2D eigenvalue weighted by Crippen LogP contribution is 2.40. The molecule has 0 spiro atoms. The fourth-order valence-electron chi connectivity index (χ4n) is 2.82. The second kappa shape index (κ2) is 5.33. The SMILES string of the molecule is CNC(Cn1cc(-c2ccccc2)cn1)(C(=O)O)C1CC1. The fraction of sp³-hybridized carbons (Fsp3) is 0.375. The number of nitrogens with one attached hydrogen (secondary N) is 1. The monoisotopic (exact) mass is 285 g/mol. The summed E-state index contributed by atoms with van der Waals surface area (Å²) in [5.41, 5.74) is 1.17. The maximum Gasteiger partial charge on any atom is 0.326 e. The molecule has 1 fully saturated rings. The number of carboxylic acid groups (broad SMARTS) is 1. The van der Waals surface area contributed by atoms with Crippen molar-refractivity contribution >= 4 is 5.97 Å². The number of benzene rings is 1. The third kappa shape index (κ3) is 2.56. The van der Waals surface area contributed by atoms with Crippen LogP contribution in [0.25, 0.3) is 11.1 Å². The quantitative estimate of drug-likeness (QED) is 0.852. The number of aliphatic carboxylic acids is 1. The predicted molar refractivity (Wildman–Crippen MR) is 79.8 cm³/mol. The first-order chi connectivity index (χ1) is 10.2. The van der Waals surface area contributed by atoms with Gasteiger partial charge in [-0.3, -0.25) is 9.48 Å². The molecule has 0 saturated heterocycles. The van der Waals surface area contributed by atoms with E-state index in [0.29, 0.717) is 6.54 Å². The lowest BCUT2D eigenvalue weighted by Gasteiger charge is -2.28. The molecule has 1 aromatic heterocycles. The number of carboxylic acids is 1. The Morgan fingerprint density at radius 2 is 2.10 bits per heavy atom. The van der Waals surface area contributed by atoms with Crippen molar-refractivity contribution in [2.75, 3.05) is 7.05 Å². The standard InChI is InChI=1S/C16H19N3O2/c1-17-16(15(20)21,14-7-8-14)11-19-10-13(9-18-19)12-5-3-2-4-6-12/h2-6,9-10,14,17H,7-8,11H2,1H3,(H,20,21). The highest BCUT2D eigenvalue weighted by atomic mass is 16.4. The Labute approximate surface area is 123 Å². The van der Waals surface area contributed by atoms with Crippen molar-refractivity contribution in [3.8, 4) is 11.1 Å². The molecule has 2 aromatic rings. The van der Waals surface area contributed by atoms with Crippen LogP contribution in [0.1, 0.15) is 12.8 Å². The zero-order chi connectivity index (χ0) is 14.9. The molecule has 3 rings (SSSR count). The van der Waals surface area contributed by atoms with E-state index in [9.17, 15) is 9.90 Å². The third-order valence-electron chi connectivity index (χ3n) is 4.25. The van der Waals surface area contributed by atoms with Gasteiger partial charge < -0.3 is 10.4 Å². The highest BCUT2D eigenvalue weighted by Gasteiger charge is 2.50. The van der Waals surface area contributed by atoms with Gasteiger partial charge in [-0.05, 0) is 31.4 Å². The maximum absolute atomic E-state index is 11.7. The molecular formula is C16H19N3O2. The van der Waals surface area contributed by atoms with Gasteiger partial charge in [0.1, 0.15) is 5.54 Å². The van der Waals surface area contributed by atoms with Gasteiger partial charge >= 0.3 is 5.97 Å². The van der Waals surface area contributed by atoms with Crippen molar-refractivity contribution in [1.82, 2.24) is 15.1 Å². The number of rotatable bonds is 6. The molecule has 0 bridgehead atoms. The number of hydrogen-bond acceptors (Lipinski definition) is 3. The summed E-state index contributed by atoms with van der Waals surface area (Å²) < 4.78 is 1.73. The molecule has 5 nitrogen and oxygen atoms in total. The van der Waals surface area contributed by atoms with Gasteiger partial charge in [0.2, 0.25) is 0 Å². The van der Waals surface area contributed by atoms with Gasteiger partial charge in [0.25, 0.3) is 0 Å². The van der Waals surface area contributed by atoms with Crippen molar-refractivity contribution < 1.29 is 9.90 Å². The molecule has 1 heterocycles. The molecule has 110 valence electrons. The van der Waals surface area contributed by atoms with E-state index in [2.05, 4.69) is 10.4 Å². The Balaban J connectivity index is 1.85. The van der Waals surface area contributed by atoms with Crippen molar-refractivity contribution in [3.05, 3.63) is 42.7 Å². The number of carbonyl (C=O) groups is 1. The van der Waals surface area contributed by atoms with Crippen LogP contribution in [-0.2, 0) is 11.3 Å². The largest absolute Gasteiger partial charge is 0.480 e. The Morgan fingerprint density at radius 3 is 2.67 bits per heavy atom. The lowest BCUT2D eigenvalue weighted by molar-refractivity contribution is -0.146. The van der Waals surface area contributed by atoms with E-state index in [1.807, 2.05) is 36.5 Å². The zero-order valence-corrected chi connectivity index (χ0v) is 12.0. The minimum atomic E-state index is -0.917. The van der Waals surface area contributed by atoms with E-state index >= 15 is 0 Å². The lowest BCUT2D eigenvalue weighted by atomic mass is 9.93. The predicted octanol–water partition coefficient (Wildman–Crippen LogP) is 2.00. The summed E-state index contributed by atoms with van der Waals surface area (Å²) in [6.45, 7) is 0.344. The summed E-state index contributed by atoms with van der Waals surface area (Å²) in [4.78, 5) is 11.7. The van der Waals surface area contributed by atoms with E-state index < -0.39 is 11.5 Å². The molecule has 2 N–H and O–H groups in total. The van der Waals surface area contributed by atoms with Crippen LogP contribution in [-0.4, -0.2) is 33.4 Å². The van der Waals surface area contributed by atoms with Crippen LogP contribution in [0.4, 0.5) is 0 Å². The highest BCUT2D eigenvalue weighted by molar-refractivity contribution is 5.79. The van der Waals surface area contributed by atoms with Crippen LogP contribution in [0.2, 0.25) is 0 Å². The molecule has 0 radical (unpaired) electrons. The maximum atomic E-state index is 11.7. The smallest absolute Gasteiger partial charge is 0.326 e. The van der Waals surface area contributed by atoms with Gasteiger partial charge in [-0.1, -0.05) is 30.3 Å². The second-order valence-corrected chi connectivity index (χ2v) is 5.59. The van der Waals surface area contributed by atoms with Gasteiger partial charge in [-0.2, -0.15) is 5.10 Å². The van der Waals surface area contributed by atoms with Gasteiger partial charge in [0.05, 0.1) is 12.7 Å². The summed E-state index contributed by atoms with van der Waals surface area (Å²) in [5.74, 6) is -0.617. The van der Waals surface area contributed by atoms with E-state index in [4.69, 9.17) is 0 Å². The Morgan fingerprint density at radius 1 is 1.38 bits per heavy atom. The van der Waals surface area contributed by atoms with Crippen LogP contribution in [0.5, 0.6) is 0 Å². The number of aromatic nitrogens is 2. The first-order valence-corrected chi connectivity index (χ1v) is 7.16. The van der Waals surface area contributed by atoms with Crippen molar-refractivity contribution in [2.24, 2.45) is 5.92 Å². The van der Waals surface area contributed by atoms with Crippen LogP contribution in [0.15, 0.2) is 42.7 Å². The third-order valence-corrected chi connectivity index (χ3v) is 4.25. The Bertz CT molecular complexity index is 634. The molecule has 0 aliphatic heterocycles. The normalized spacial score (nSPS) is 17.4. The van der Waals surface area contributed by atoms with Gasteiger partial charge in [-0.25, -0.2) is 0 Å². The van der Waals surface area contributed by atoms with Crippen LogP contribution in [0.3, 0.4) is 0 Å². The second-order valence-electron chi connectivity index (χ2n) is 5.59. The number of nitrogens with zero attached hydrogens (tertiary/aromatic N) is 2. The van der Waals surface area contributed by atoms with E-state index in [1.165, 1.54) is 0 Å². The Kier molecular flexibility index (Phi) is 3.51. The van der Waals surface area contributed by atoms with Gasteiger partial charge in [-0.15, -0.1) is 0 Å². The summed E-state index contributed by atoms with van der Waals surface area (Å²) in [7, 11) is 1.72. The average Bonchev–Trinajstić information content (AvgIpc) is 3.25. The summed E-state index contributed by atoms with van der Waals surface area (Å²) >= 11 is 0. The number of hydrogen-bond donors (Lipinski definition) is 2. The first kappa shape index (κ1) is 13.8. The zero-order valence-electron chi connectivity index (χ0n) is 12.0. The summed E-state index contributed by atoms with van der Waals surface area (Å²) in [6, 6.07) is 9.96. The summed E-state index contributed by atoms with van der Waals surface area (Å²) in [5, 5.41) is 17.0.